The Morgan fingerprint density at radius 3 is 2.64 bits per heavy atom. The maximum Gasteiger partial charge on any atom is 0.292 e. The fourth-order valence-corrected chi connectivity index (χ4v) is 4.59. The number of carbonyl (C=O) groups excluding carboxylic acids is 3. The summed E-state index contributed by atoms with van der Waals surface area (Å²) in [7, 11) is 0. The van der Waals surface area contributed by atoms with Crippen LogP contribution in [-0.4, -0.2) is 22.6 Å². The SMILES string of the molecule is C[C@@H]1CCC2CCCCC2C1C(=O)C(=O)Nc1cncc(C(N)=O)c1. The third-order valence-electron chi connectivity index (χ3n) is 5.84. The van der Waals surface area contributed by atoms with Crippen LogP contribution >= 0.6 is 0 Å². The van der Waals surface area contributed by atoms with Gasteiger partial charge in [0.05, 0.1) is 17.4 Å². The number of nitrogens with one attached hydrogen (secondary N) is 1. The first-order valence-electron chi connectivity index (χ1n) is 9.07. The first kappa shape index (κ1) is 17.6. The van der Waals surface area contributed by atoms with E-state index in [1.807, 2.05) is 0 Å². The summed E-state index contributed by atoms with van der Waals surface area (Å²) in [5.41, 5.74) is 5.74. The van der Waals surface area contributed by atoms with Crippen LogP contribution in [0.15, 0.2) is 18.5 Å². The summed E-state index contributed by atoms with van der Waals surface area (Å²) < 4.78 is 0. The Morgan fingerprint density at radius 1 is 1.12 bits per heavy atom. The van der Waals surface area contributed by atoms with Gasteiger partial charge in [-0.05, 0) is 43.1 Å². The molecule has 0 saturated heterocycles. The molecule has 134 valence electrons. The normalized spacial score (nSPS) is 28.7. The smallest absolute Gasteiger partial charge is 0.292 e. The van der Waals surface area contributed by atoms with E-state index in [4.69, 9.17) is 5.73 Å². The van der Waals surface area contributed by atoms with Crippen molar-refractivity contribution in [2.75, 3.05) is 5.32 Å². The summed E-state index contributed by atoms with van der Waals surface area (Å²) >= 11 is 0. The number of nitrogens with two attached hydrogens (primary N) is 1. The first-order valence-corrected chi connectivity index (χ1v) is 9.07. The highest BCUT2D eigenvalue weighted by Crippen LogP contribution is 2.46. The van der Waals surface area contributed by atoms with Crippen molar-refractivity contribution in [3.8, 4) is 0 Å². The van der Waals surface area contributed by atoms with Crippen LogP contribution in [0.4, 0.5) is 5.69 Å². The molecule has 0 radical (unpaired) electrons. The van der Waals surface area contributed by atoms with E-state index in [1.165, 1.54) is 37.7 Å². The van der Waals surface area contributed by atoms with Gasteiger partial charge in [-0.2, -0.15) is 0 Å². The Morgan fingerprint density at radius 2 is 1.88 bits per heavy atom. The third kappa shape index (κ3) is 3.72. The number of ketones is 1. The van der Waals surface area contributed by atoms with Gasteiger partial charge in [0.25, 0.3) is 5.91 Å². The molecular formula is C19H25N3O3. The number of amides is 2. The van der Waals surface area contributed by atoms with Crippen molar-refractivity contribution in [3.63, 3.8) is 0 Å². The highest BCUT2D eigenvalue weighted by molar-refractivity contribution is 6.41. The van der Waals surface area contributed by atoms with Crippen LogP contribution in [-0.2, 0) is 9.59 Å². The topological polar surface area (TPSA) is 102 Å². The predicted molar refractivity (Wildman–Crippen MR) is 93.7 cm³/mol. The molecule has 2 aliphatic carbocycles. The first-order chi connectivity index (χ1) is 12.0. The van der Waals surface area contributed by atoms with Crippen molar-refractivity contribution >= 4 is 23.3 Å². The van der Waals surface area contributed by atoms with E-state index in [0.29, 0.717) is 17.5 Å². The zero-order valence-corrected chi connectivity index (χ0v) is 14.5. The lowest BCUT2D eigenvalue weighted by Gasteiger charge is -2.43. The van der Waals surface area contributed by atoms with Crippen molar-refractivity contribution in [3.05, 3.63) is 24.0 Å². The molecule has 3 rings (SSSR count). The molecule has 0 spiro atoms. The molecule has 0 bridgehead atoms. The van der Waals surface area contributed by atoms with Crippen LogP contribution < -0.4 is 11.1 Å². The van der Waals surface area contributed by atoms with E-state index in [9.17, 15) is 14.4 Å². The number of pyridine rings is 1. The molecule has 2 amide bonds. The minimum Gasteiger partial charge on any atom is -0.366 e. The zero-order chi connectivity index (χ0) is 18.0. The van der Waals surface area contributed by atoms with E-state index in [0.717, 1.165) is 19.3 Å². The molecule has 25 heavy (non-hydrogen) atoms. The van der Waals surface area contributed by atoms with Gasteiger partial charge in [0.15, 0.2) is 0 Å². The van der Waals surface area contributed by atoms with Gasteiger partial charge in [-0.15, -0.1) is 0 Å². The van der Waals surface area contributed by atoms with Crippen molar-refractivity contribution in [2.24, 2.45) is 29.4 Å². The Labute approximate surface area is 147 Å². The number of hydrogen-bond acceptors (Lipinski definition) is 4. The average molecular weight is 343 g/mol. The van der Waals surface area contributed by atoms with Crippen LogP contribution in [0.3, 0.4) is 0 Å². The molecule has 6 nitrogen and oxygen atoms in total. The number of nitrogens with zero attached hydrogens (tertiary/aromatic N) is 1. The van der Waals surface area contributed by atoms with Gasteiger partial charge in [0.2, 0.25) is 11.7 Å². The summed E-state index contributed by atoms with van der Waals surface area (Å²) in [5.74, 6) is -0.655. The van der Waals surface area contributed by atoms with Crippen molar-refractivity contribution in [2.45, 2.75) is 45.4 Å². The molecule has 1 aromatic rings. The Balaban J connectivity index is 1.73. The average Bonchev–Trinajstić information content (AvgIpc) is 2.61. The molecule has 6 heteroatoms. The van der Waals surface area contributed by atoms with Gasteiger partial charge >= 0.3 is 0 Å². The van der Waals surface area contributed by atoms with Gasteiger partial charge in [-0.3, -0.25) is 19.4 Å². The van der Waals surface area contributed by atoms with E-state index in [2.05, 4.69) is 17.2 Å². The lowest BCUT2D eigenvalue weighted by atomic mass is 9.60. The summed E-state index contributed by atoms with van der Waals surface area (Å²) in [6.07, 6.45) is 9.50. The minimum atomic E-state index is -0.624. The fourth-order valence-electron chi connectivity index (χ4n) is 4.59. The van der Waals surface area contributed by atoms with Crippen LogP contribution in [0, 0.1) is 23.7 Å². The Kier molecular flexibility index (Phi) is 5.16. The van der Waals surface area contributed by atoms with Gasteiger partial charge in [0, 0.05) is 12.1 Å². The minimum absolute atomic E-state index is 0.198. The summed E-state index contributed by atoms with van der Waals surface area (Å²) in [6, 6.07) is 1.44. The number of Topliss-reactive ketones (excluding diaryl/α,β-unsaturated/α-hetero) is 1. The number of hydrogen-bond donors (Lipinski definition) is 2. The second-order valence-electron chi connectivity index (χ2n) is 7.43. The van der Waals surface area contributed by atoms with Crippen molar-refractivity contribution in [1.82, 2.24) is 4.98 Å². The number of primary amides is 1. The quantitative estimate of drug-likeness (QED) is 0.820. The lowest BCUT2D eigenvalue weighted by Crippen LogP contribution is -2.44. The van der Waals surface area contributed by atoms with Crippen LogP contribution in [0.5, 0.6) is 0 Å². The van der Waals surface area contributed by atoms with Crippen molar-refractivity contribution < 1.29 is 14.4 Å². The standard InChI is InChI=1S/C19H25N3O3/c1-11-6-7-12-4-2-3-5-15(12)16(11)17(23)19(25)22-14-8-13(18(20)24)9-21-10-14/h8-12,15-16H,2-7H2,1H3,(H2,20,24)(H,22,25)/t11-,12?,15?,16?/m1/s1. The monoisotopic (exact) mass is 343 g/mol. The molecular weight excluding hydrogens is 318 g/mol. The van der Waals surface area contributed by atoms with Gasteiger partial charge in [-0.25, -0.2) is 0 Å². The Bertz CT molecular complexity index is 688. The van der Waals surface area contributed by atoms with Crippen LogP contribution in [0.25, 0.3) is 0 Å². The number of fused-ring (bicyclic) bond motifs is 1. The second-order valence-corrected chi connectivity index (χ2v) is 7.43. The van der Waals surface area contributed by atoms with Gasteiger partial charge in [0.1, 0.15) is 0 Å². The number of rotatable bonds is 4. The third-order valence-corrected chi connectivity index (χ3v) is 5.84. The molecule has 2 saturated carbocycles. The summed E-state index contributed by atoms with van der Waals surface area (Å²) in [6.45, 7) is 2.08. The van der Waals surface area contributed by atoms with Crippen molar-refractivity contribution in [1.29, 1.82) is 0 Å². The maximum atomic E-state index is 12.9. The molecule has 2 fully saturated rings. The molecule has 0 aromatic carbocycles. The predicted octanol–water partition coefficient (Wildman–Crippen LogP) is 2.54. The van der Waals surface area contributed by atoms with E-state index >= 15 is 0 Å². The number of anilines is 1. The number of carbonyl (C=O) groups is 3. The molecule has 3 unspecified atom stereocenters. The highest BCUT2D eigenvalue weighted by atomic mass is 16.2. The molecule has 2 aliphatic rings. The summed E-state index contributed by atoms with van der Waals surface area (Å²) in [5, 5.41) is 2.59. The zero-order valence-electron chi connectivity index (χ0n) is 14.5. The van der Waals surface area contributed by atoms with E-state index in [-0.39, 0.29) is 23.2 Å². The fraction of sp³-hybridized carbons (Fsp3) is 0.579. The Hall–Kier alpha value is -2.24. The van der Waals surface area contributed by atoms with E-state index < -0.39 is 11.8 Å². The lowest BCUT2D eigenvalue weighted by molar-refractivity contribution is -0.142. The second kappa shape index (κ2) is 7.33. The molecule has 3 N–H and O–H groups in total. The van der Waals surface area contributed by atoms with Gasteiger partial charge < -0.3 is 11.1 Å². The van der Waals surface area contributed by atoms with E-state index in [1.54, 1.807) is 0 Å². The molecule has 4 atom stereocenters. The maximum absolute atomic E-state index is 12.9. The highest BCUT2D eigenvalue weighted by Gasteiger charge is 2.44. The summed E-state index contributed by atoms with van der Waals surface area (Å²) in [4.78, 5) is 40.5. The molecule has 1 heterocycles. The molecule has 1 aromatic heterocycles. The van der Waals surface area contributed by atoms with Crippen LogP contribution in [0.1, 0.15) is 55.8 Å². The molecule has 0 aliphatic heterocycles. The van der Waals surface area contributed by atoms with Gasteiger partial charge in [-0.1, -0.05) is 26.2 Å². The number of aromatic nitrogens is 1. The largest absolute Gasteiger partial charge is 0.366 e. The van der Waals surface area contributed by atoms with Crippen LogP contribution in [0.2, 0.25) is 0 Å².